The third-order valence-corrected chi connectivity index (χ3v) is 6.02. The van der Waals surface area contributed by atoms with E-state index in [0.717, 1.165) is 48.0 Å². The minimum absolute atomic E-state index is 0.00664. The zero-order valence-corrected chi connectivity index (χ0v) is 18.1. The molecule has 0 saturated carbocycles. The predicted octanol–water partition coefficient (Wildman–Crippen LogP) is 4.32. The van der Waals surface area contributed by atoms with Gasteiger partial charge in [-0.25, -0.2) is 0 Å². The summed E-state index contributed by atoms with van der Waals surface area (Å²) in [4.78, 5) is 14.5. The van der Waals surface area contributed by atoms with Crippen molar-refractivity contribution in [2.45, 2.75) is 31.1 Å². The van der Waals surface area contributed by atoms with Gasteiger partial charge in [0.1, 0.15) is 0 Å². The van der Waals surface area contributed by atoms with Crippen LogP contribution in [0.25, 0.3) is 5.69 Å². The second-order valence-corrected chi connectivity index (χ2v) is 8.41. The number of rotatable bonds is 6. The van der Waals surface area contributed by atoms with Crippen molar-refractivity contribution in [1.29, 1.82) is 0 Å². The van der Waals surface area contributed by atoms with Gasteiger partial charge in [-0.2, -0.15) is 17.9 Å². The first-order valence-corrected chi connectivity index (χ1v) is 11.0. The van der Waals surface area contributed by atoms with Crippen molar-refractivity contribution in [2.24, 2.45) is 0 Å². The van der Waals surface area contributed by atoms with Gasteiger partial charge in [0.05, 0.1) is 28.4 Å². The number of nitrogens with zero attached hydrogens (tertiary/aromatic N) is 5. The Labute approximate surface area is 187 Å². The van der Waals surface area contributed by atoms with E-state index in [1.807, 2.05) is 36.1 Å². The second kappa shape index (κ2) is 9.19. The number of carbonyl (C=O) groups excluding carboxylic acids is 1. The van der Waals surface area contributed by atoms with Crippen LogP contribution in [0.5, 0.6) is 0 Å². The Balaban J connectivity index is 1.47. The van der Waals surface area contributed by atoms with Gasteiger partial charge in [0, 0.05) is 13.1 Å². The lowest BCUT2D eigenvalue weighted by atomic mass is 10.1. The lowest BCUT2D eigenvalue weighted by Gasteiger charge is -2.23. The highest BCUT2D eigenvalue weighted by Gasteiger charge is 2.32. The highest BCUT2D eigenvalue weighted by atomic mass is 32.2. The molecular weight excluding hydrogens is 441 g/mol. The van der Waals surface area contributed by atoms with Gasteiger partial charge >= 0.3 is 6.18 Å². The van der Waals surface area contributed by atoms with E-state index in [0.29, 0.717) is 29.6 Å². The molecule has 1 saturated heterocycles. The van der Waals surface area contributed by atoms with E-state index in [9.17, 15) is 18.0 Å². The van der Waals surface area contributed by atoms with E-state index in [1.165, 1.54) is 10.7 Å². The van der Waals surface area contributed by atoms with Crippen LogP contribution in [0.2, 0.25) is 0 Å². The number of benzene rings is 2. The van der Waals surface area contributed by atoms with Crippen LogP contribution < -0.4 is 10.2 Å². The van der Waals surface area contributed by atoms with Crippen molar-refractivity contribution in [3.05, 3.63) is 53.6 Å². The summed E-state index contributed by atoms with van der Waals surface area (Å²) in [6.07, 6.45) is -2.64. The average molecular weight is 463 g/mol. The number of aryl methyl sites for hydroxylation is 1. The summed E-state index contributed by atoms with van der Waals surface area (Å²) in [5.74, 6) is -0.346. The second-order valence-electron chi connectivity index (χ2n) is 7.47. The molecule has 11 heteroatoms. The van der Waals surface area contributed by atoms with Crippen molar-refractivity contribution < 1.29 is 18.0 Å². The number of aromatic nitrogens is 4. The van der Waals surface area contributed by atoms with Crippen molar-refractivity contribution >= 4 is 29.0 Å². The smallest absolute Gasteiger partial charge is 0.370 e. The maximum atomic E-state index is 13.2. The summed E-state index contributed by atoms with van der Waals surface area (Å²) in [6, 6.07) is 11.0. The molecule has 0 bridgehead atoms. The quantitative estimate of drug-likeness (QED) is 0.550. The molecule has 2 aromatic carbocycles. The highest BCUT2D eigenvalue weighted by Crippen LogP contribution is 2.37. The van der Waals surface area contributed by atoms with Gasteiger partial charge in [0.2, 0.25) is 11.1 Å². The Hall–Kier alpha value is -3.08. The summed E-state index contributed by atoms with van der Waals surface area (Å²) in [5.41, 5.74) is 1.89. The fourth-order valence-electron chi connectivity index (χ4n) is 3.47. The van der Waals surface area contributed by atoms with Crippen LogP contribution in [0.1, 0.15) is 24.0 Å². The SMILES string of the molecule is Cc1ccc(-n2nnnc2SCC(=O)Nc2ccc(C(F)(F)F)cc2N2CCCC2)cc1. The van der Waals surface area contributed by atoms with E-state index < -0.39 is 11.7 Å². The van der Waals surface area contributed by atoms with E-state index in [4.69, 9.17) is 0 Å². The summed E-state index contributed by atoms with van der Waals surface area (Å²) in [6.45, 7) is 3.29. The molecule has 4 rings (SSSR count). The zero-order valence-electron chi connectivity index (χ0n) is 17.3. The number of nitrogens with one attached hydrogen (secondary N) is 1. The lowest BCUT2D eigenvalue weighted by molar-refractivity contribution is -0.137. The molecule has 7 nitrogen and oxygen atoms in total. The van der Waals surface area contributed by atoms with Crippen LogP contribution in [0.15, 0.2) is 47.6 Å². The van der Waals surface area contributed by atoms with Crippen molar-refractivity contribution in [3.8, 4) is 5.69 Å². The van der Waals surface area contributed by atoms with E-state index in [-0.39, 0.29) is 11.7 Å². The first-order valence-electron chi connectivity index (χ1n) is 10.1. The van der Waals surface area contributed by atoms with Gasteiger partial charge in [0.25, 0.3) is 0 Å². The average Bonchev–Trinajstić information content (AvgIpc) is 3.44. The van der Waals surface area contributed by atoms with E-state index in [1.54, 1.807) is 0 Å². The standard InChI is InChI=1S/C21H21F3N6OS/c1-14-4-7-16(8-5-14)30-20(26-27-28-30)32-13-19(31)25-17-9-6-15(21(22,23)24)12-18(17)29-10-2-3-11-29/h4-9,12H,2-3,10-11,13H2,1H3,(H,25,31). The fourth-order valence-corrected chi connectivity index (χ4v) is 4.16. The summed E-state index contributed by atoms with van der Waals surface area (Å²) in [5, 5.41) is 14.8. The van der Waals surface area contributed by atoms with Gasteiger partial charge < -0.3 is 10.2 Å². The summed E-state index contributed by atoms with van der Waals surface area (Å²) >= 11 is 1.15. The van der Waals surface area contributed by atoms with Gasteiger partial charge in [-0.15, -0.1) is 5.10 Å². The number of halogens is 3. The molecule has 0 radical (unpaired) electrons. The van der Waals surface area contributed by atoms with Crippen molar-refractivity contribution in [3.63, 3.8) is 0 Å². The number of thioether (sulfide) groups is 1. The molecule has 2 heterocycles. The number of hydrogen-bond acceptors (Lipinski definition) is 6. The number of amides is 1. The number of alkyl halides is 3. The maximum absolute atomic E-state index is 13.2. The Morgan fingerprint density at radius 2 is 1.84 bits per heavy atom. The largest absolute Gasteiger partial charge is 0.416 e. The molecule has 168 valence electrons. The van der Waals surface area contributed by atoms with Gasteiger partial charge in [-0.3, -0.25) is 4.79 Å². The Kier molecular flexibility index (Phi) is 6.35. The molecule has 0 atom stereocenters. The number of hydrogen-bond donors (Lipinski definition) is 1. The normalized spacial score (nSPS) is 14.1. The molecule has 3 aromatic rings. The molecular formula is C21H21F3N6OS. The minimum atomic E-state index is -4.44. The molecule has 1 fully saturated rings. The fraction of sp³-hybridized carbons (Fsp3) is 0.333. The molecule has 1 amide bonds. The van der Waals surface area contributed by atoms with Crippen LogP contribution in [0.3, 0.4) is 0 Å². The van der Waals surface area contributed by atoms with Crippen LogP contribution in [-0.2, 0) is 11.0 Å². The monoisotopic (exact) mass is 462 g/mol. The summed E-state index contributed by atoms with van der Waals surface area (Å²) < 4.78 is 41.1. The third-order valence-electron chi connectivity index (χ3n) is 5.10. The Morgan fingerprint density at radius 3 is 2.53 bits per heavy atom. The molecule has 32 heavy (non-hydrogen) atoms. The van der Waals surface area contributed by atoms with Gasteiger partial charge in [-0.05, 0) is 60.5 Å². The predicted molar refractivity (Wildman–Crippen MR) is 116 cm³/mol. The summed E-state index contributed by atoms with van der Waals surface area (Å²) in [7, 11) is 0. The Morgan fingerprint density at radius 1 is 1.12 bits per heavy atom. The van der Waals surface area contributed by atoms with Crippen LogP contribution in [0, 0.1) is 6.92 Å². The van der Waals surface area contributed by atoms with Crippen LogP contribution in [0.4, 0.5) is 24.5 Å². The number of anilines is 2. The maximum Gasteiger partial charge on any atom is 0.416 e. The first-order chi connectivity index (χ1) is 15.3. The van der Waals surface area contributed by atoms with E-state index in [2.05, 4.69) is 20.8 Å². The first kappa shape index (κ1) is 22.1. The van der Waals surface area contributed by atoms with Crippen molar-refractivity contribution in [1.82, 2.24) is 20.2 Å². The Bertz CT molecular complexity index is 1090. The molecule has 0 spiro atoms. The van der Waals surface area contributed by atoms with Gasteiger partial charge in [-0.1, -0.05) is 29.5 Å². The molecule has 1 N–H and O–H groups in total. The molecule has 0 aliphatic carbocycles. The molecule has 1 aliphatic heterocycles. The topological polar surface area (TPSA) is 75.9 Å². The van der Waals surface area contributed by atoms with Crippen molar-refractivity contribution in [2.75, 3.05) is 29.1 Å². The third kappa shape index (κ3) is 5.04. The lowest BCUT2D eigenvalue weighted by Crippen LogP contribution is -2.22. The van der Waals surface area contributed by atoms with E-state index >= 15 is 0 Å². The number of tetrazole rings is 1. The molecule has 1 aliphatic rings. The highest BCUT2D eigenvalue weighted by molar-refractivity contribution is 7.99. The molecule has 0 unspecified atom stereocenters. The van der Waals surface area contributed by atoms with Crippen LogP contribution in [-0.4, -0.2) is 45.0 Å². The van der Waals surface area contributed by atoms with Gasteiger partial charge in [0.15, 0.2) is 0 Å². The number of carbonyl (C=O) groups is 1. The molecule has 1 aromatic heterocycles. The van der Waals surface area contributed by atoms with Crippen LogP contribution >= 0.6 is 11.8 Å². The minimum Gasteiger partial charge on any atom is -0.370 e. The zero-order chi connectivity index (χ0) is 22.7.